The average molecular weight is 269 g/mol. The van der Waals surface area contributed by atoms with Gasteiger partial charge in [-0.05, 0) is 32.6 Å². The van der Waals surface area contributed by atoms with Crippen LogP contribution >= 0.6 is 0 Å². The molecule has 0 aromatic heterocycles. The van der Waals surface area contributed by atoms with Crippen molar-refractivity contribution in [3.8, 4) is 0 Å². The van der Waals surface area contributed by atoms with Crippen molar-refractivity contribution in [2.24, 2.45) is 5.73 Å². The minimum absolute atomic E-state index is 0.262. The van der Waals surface area contributed by atoms with Crippen LogP contribution in [0.5, 0.6) is 0 Å². The average Bonchev–Trinajstić information content (AvgIpc) is 2.58. The highest BCUT2D eigenvalue weighted by Gasteiger charge is 2.19. The molecule has 1 saturated heterocycles. The molecule has 106 valence electrons. The molecule has 0 amide bonds. The van der Waals surface area contributed by atoms with Crippen molar-refractivity contribution in [2.75, 3.05) is 39.8 Å². The maximum atomic E-state index is 13.7. The SMILES string of the molecule is CN1CCCN(CC(N)c2cccc(F)c2F)CC1. The van der Waals surface area contributed by atoms with E-state index in [2.05, 4.69) is 16.8 Å². The number of hydrogen-bond acceptors (Lipinski definition) is 3. The van der Waals surface area contributed by atoms with Gasteiger partial charge in [-0.2, -0.15) is 0 Å². The van der Waals surface area contributed by atoms with Gasteiger partial charge in [0.05, 0.1) is 0 Å². The molecule has 1 aromatic rings. The highest BCUT2D eigenvalue weighted by Crippen LogP contribution is 2.19. The summed E-state index contributed by atoms with van der Waals surface area (Å²) in [6, 6.07) is 3.70. The van der Waals surface area contributed by atoms with Gasteiger partial charge in [0, 0.05) is 31.2 Å². The monoisotopic (exact) mass is 269 g/mol. The van der Waals surface area contributed by atoms with Crippen LogP contribution in [0.3, 0.4) is 0 Å². The molecule has 0 saturated carbocycles. The molecule has 0 spiro atoms. The lowest BCUT2D eigenvalue weighted by atomic mass is 10.1. The fraction of sp³-hybridized carbons (Fsp3) is 0.571. The summed E-state index contributed by atoms with van der Waals surface area (Å²) in [4.78, 5) is 4.49. The standard InChI is InChI=1S/C14H21F2N3/c1-18-6-3-7-19(9-8-18)10-13(17)11-4-2-5-12(15)14(11)16/h2,4-5,13H,3,6-10,17H2,1H3. The lowest BCUT2D eigenvalue weighted by Gasteiger charge is -2.24. The first-order chi connectivity index (χ1) is 9.08. The number of halogens is 2. The predicted octanol–water partition coefficient (Wildman–Crippen LogP) is 1.60. The first-order valence-corrected chi connectivity index (χ1v) is 6.68. The third-order valence-corrected chi connectivity index (χ3v) is 3.65. The van der Waals surface area contributed by atoms with E-state index in [9.17, 15) is 8.78 Å². The molecule has 0 radical (unpaired) electrons. The lowest BCUT2D eigenvalue weighted by molar-refractivity contribution is 0.259. The maximum absolute atomic E-state index is 13.7. The molecule has 2 rings (SSSR count). The van der Waals surface area contributed by atoms with E-state index in [1.165, 1.54) is 6.07 Å². The van der Waals surface area contributed by atoms with Crippen molar-refractivity contribution in [1.29, 1.82) is 0 Å². The minimum Gasteiger partial charge on any atom is -0.323 e. The number of hydrogen-bond donors (Lipinski definition) is 1. The molecule has 3 nitrogen and oxygen atoms in total. The summed E-state index contributed by atoms with van der Waals surface area (Å²) in [5.41, 5.74) is 6.28. The summed E-state index contributed by atoms with van der Waals surface area (Å²) >= 11 is 0. The van der Waals surface area contributed by atoms with Gasteiger partial charge in [-0.1, -0.05) is 12.1 Å². The molecule has 1 fully saturated rings. The summed E-state index contributed by atoms with van der Waals surface area (Å²) in [7, 11) is 2.09. The Hall–Kier alpha value is -1.04. The zero-order valence-electron chi connectivity index (χ0n) is 11.3. The van der Waals surface area contributed by atoms with Crippen LogP contribution in [0.15, 0.2) is 18.2 Å². The molecule has 0 aliphatic carbocycles. The van der Waals surface area contributed by atoms with Crippen LogP contribution in [0, 0.1) is 11.6 Å². The Labute approximate surface area is 113 Å². The first-order valence-electron chi connectivity index (χ1n) is 6.68. The van der Waals surface area contributed by atoms with Gasteiger partial charge in [0.25, 0.3) is 0 Å². The molecule has 1 aliphatic heterocycles. The van der Waals surface area contributed by atoms with Crippen molar-refractivity contribution in [1.82, 2.24) is 9.80 Å². The Bertz CT molecular complexity index is 425. The molecule has 1 atom stereocenters. The number of nitrogens with two attached hydrogens (primary N) is 1. The van der Waals surface area contributed by atoms with Gasteiger partial charge in [-0.25, -0.2) is 8.78 Å². The number of rotatable bonds is 3. The number of benzene rings is 1. The Morgan fingerprint density at radius 1 is 1.21 bits per heavy atom. The predicted molar refractivity (Wildman–Crippen MR) is 71.8 cm³/mol. The largest absolute Gasteiger partial charge is 0.323 e. The molecule has 1 aromatic carbocycles. The van der Waals surface area contributed by atoms with E-state index in [0.717, 1.165) is 38.7 Å². The summed E-state index contributed by atoms with van der Waals surface area (Å²) in [5, 5.41) is 0. The summed E-state index contributed by atoms with van der Waals surface area (Å²) in [6.07, 6.45) is 1.08. The third kappa shape index (κ3) is 3.72. The zero-order chi connectivity index (χ0) is 13.8. The molecule has 1 heterocycles. The Kier molecular flexibility index (Phi) is 4.85. The molecule has 0 bridgehead atoms. The highest BCUT2D eigenvalue weighted by molar-refractivity contribution is 5.22. The molecular formula is C14H21F2N3. The van der Waals surface area contributed by atoms with E-state index < -0.39 is 17.7 Å². The van der Waals surface area contributed by atoms with Gasteiger partial charge >= 0.3 is 0 Å². The van der Waals surface area contributed by atoms with Gasteiger partial charge in [-0.3, -0.25) is 0 Å². The van der Waals surface area contributed by atoms with E-state index in [-0.39, 0.29) is 5.56 Å². The number of nitrogens with zero attached hydrogens (tertiary/aromatic N) is 2. The summed E-state index contributed by atoms with van der Waals surface area (Å²) in [5.74, 6) is -1.65. The minimum atomic E-state index is -0.830. The van der Waals surface area contributed by atoms with Gasteiger partial charge in [0.2, 0.25) is 0 Å². The van der Waals surface area contributed by atoms with Crippen LogP contribution in [0.4, 0.5) is 8.78 Å². The van der Waals surface area contributed by atoms with Crippen molar-refractivity contribution < 1.29 is 8.78 Å². The van der Waals surface area contributed by atoms with Gasteiger partial charge in [0.15, 0.2) is 11.6 Å². The molecule has 19 heavy (non-hydrogen) atoms. The normalized spacial score (nSPS) is 20.2. The van der Waals surface area contributed by atoms with Crippen molar-refractivity contribution in [3.05, 3.63) is 35.4 Å². The number of likely N-dealkylation sites (N-methyl/N-ethyl adjacent to an activating group) is 1. The van der Waals surface area contributed by atoms with Crippen LogP contribution in [-0.4, -0.2) is 49.6 Å². The van der Waals surface area contributed by atoms with Crippen LogP contribution in [-0.2, 0) is 0 Å². The van der Waals surface area contributed by atoms with Gasteiger partial charge < -0.3 is 15.5 Å². The van der Waals surface area contributed by atoms with E-state index in [0.29, 0.717) is 6.54 Å². The van der Waals surface area contributed by atoms with Crippen molar-refractivity contribution >= 4 is 0 Å². The zero-order valence-corrected chi connectivity index (χ0v) is 11.3. The molecule has 5 heteroatoms. The van der Waals surface area contributed by atoms with E-state index in [1.807, 2.05) is 0 Å². The quantitative estimate of drug-likeness (QED) is 0.904. The molecule has 1 unspecified atom stereocenters. The Morgan fingerprint density at radius 3 is 2.79 bits per heavy atom. The van der Waals surface area contributed by atoms with Crippen LogP contribution < -0.4 is 5.73 Å². The van der Waals surface area contributed by atoms with Crippen molar-refractivity contribution in [3.63, 3.8) is 0 Å². The van der Waals surface area contributed by atoms with Crippen LogP contribution in [0.2, 0.25) is 0 Å². The van der Waals surface area contributed by atoms with E-state index in [4.69, 9.17) is 5.73 Å². The summed E-state index contributed by atoms with van der Waals surface area (Å²) in [6.45, 7) is 4.49. The smallest absolute Gasteiger partial charge is 0.163 e. The fourth-order valence-electron chi connectivity index (χ4n) is 2.47. The van der Waals surface area contributed by atoms with Crippen LogP contribution in [0.1, 0.15) is 18.0 Å². The Balaban J connectivity index is 2.00. The van der Waals surface area contributed by atoms with E-state index in [1.54, 1.807) is 6.07 Å². The summed E-state index contributed by atoms with van der Waals surface area (Å²) < 4.78 is 26.9. The molecule has 2 N–H and O–H groups in total. The third-order valence-electron chi connectivity index (χ3n) is 3.65. The van der Waals surface area contributed by atoms with Crippen LogP contribution in [0.25, 0.3) is 0 Å². The van der Waals surface area contributed by atoms with Crippen molar-refractivity contribution in [2.45, 2.75) is 12.5 Å². The Morgan fingerprint density at radius 2 is 2.00 bits per heavy atom. The molecular weight excluding hydrogens is 248 g/mol. The second-order valence-electron chi connectivity index (χ2n) is 5.21. The second kappa shape index (κ2) is 6.41. The topological polar surface area (TPSA) is 32.5 Å². The maximum Gasteiger partial charge on any atom is 0.163 e. The lowest BCUT2D eigenvalue weighted by Crippen LogP contribution is -2.35. The molecule has 1 aliphatic rings. The van der Waals surface area contributed by atoms with E-state index >= 15 is 0 Å². The highest BCUT2D eigenvalue weighted by atomic mass is 19.2. The van der Waals surface area contributed by atoms with Gasteiger partial charge in [-0.15, -0.1) is 0 Å². The van der Waals surface area contributed by atoms with Gasteiger partial charge in [0.1, 0.15) is 0 Å². The second-order valence-corrected chi connectivity index (χ2v) is 5.21. The fourth-order valence-corrected chi connectivity index (χ4v) is 2.47. The first kappa shape index (κ1) is 14.4.